The van der Waals surface area contributed by atoms with Crippen LogP contribution in [-0.4, -0.2) is 35.7 Å². The molecule has 1 saturated carbocycles. The second-order valence-electron chi connectivity index (χ2n) is 6.50. The number of ether oxygens (including phenoxy) is 2. The molecule has 0 spiro atoms. The zero-order valence-corrected chi connectivity index (χ0v) is 13.0. The molecule has 1 aliphatic carbocycles. The molecule has 118 valence electrons. The number of carbonyl (C=O) groups excluding carboxylic acids is 2. The lowest BCUT2D eigenvalue weighted by Gasteiger charge is -2.45. The van der Waals surface area contributed by atoms with Gasteiger partial charge in [0, 0.05) is 17.9 Å². The van der Waals surface area contributed by atoms with Crippen molar-refractivity contribution in [2.45, 2.75) is 51.2 Å². The Kier molecular flexibility index (Phi) is 3.78. The zero-order valence-electron chi connectivity index (χ0n) is 13.0. The number of nitrogens with one attached hydrogen (secondary N) is 1. The molecular weight excluding hydrogens is 282 g/mol. The van der Waals surface area contributed by atoms with Crippen LogP contribution in [0.1, 0.15) is 37.6 Å². The fourth-order valence-corrected chi connectivity index (χ4v) is 3.32. The number of hydrogen-bond acceptors (Lipinski definition) is 4. The van der Waals surface area contributed by atoms with Crippen molar-refractivity contribution in [2.24, 2.45) is 5.92 Å². The molecule has 4 atom stereocenters. The van der Waals surface area contributed by atoms with Crippen molar-refractivity contribution in [2.75, 3.05) is 0 Å². The summed E-state index contributed by atoms with van der Waals surface area (Å²) in [6.45, 7) is 5.27. The molecule has 2 aliphatic rings. The van der Waals surface area contributed by atoms with Gasteiger partial charge in [0.25, 0.3) is 5.91 Å². The number of amides is 1. The van der Waals surface area contributed by atoms with E-state index in [2.05, 4.69) is 5.32 Å². The van der Waals surface area contributed by atoms with Gasteiger partial charge in [0.05, 0.1) is 12.1 Å². The average Bonchev–Trinajstić information content (AvgIpc) is 2.75. The van der Waals surface area contributed by atoms with Crippen molar-refractivity contribution in [1.82, 2.24) is 5.32 Å². The molecule has 1 saturated heterocycles. The second-order valence-corrected chi connectivity index (χ2v) is 6.50. The summed E-state index contributed by atoms with van der Waals surface area (Å²) in [5.74, 6) is -0.755. The van der Waals surface area contributed by atoms with Crippen molar-refractivity contribution < 1.29 is 19.1 Å². The number of hydrogen-bond donors (Lipinski definition) is 1. The van der Waals surface area contributed by atoms with Crippen LogP contribution in [0.2, 0.25) is 0 Å². The van der Waals surface area contributed by atoms with Gasteiger partial charge in [-0.1, -0.05) is 18.2 Å². The highest BCUT2D eigenvalue weighted by Gasteiger charge is 2.60. The second kappa shape index (κ2) is 5.48. The van der Waals surface area contributed by atoms with Crippen LogP contribution in [0.3, 0.4) is 0 Å². The minimum absolute atomic E-state index is 0.0306. The van der Waals surface area contributed by atoms with Crippen molar-refractivity contribution in [3.05, 3.63) is 35.9 Å². The maximum atomic E-state index is 12.3. The van der Waals surface area contributed by atoms with Crippen LogP contribution in [-0.2, 0) is 14.3 Å². The summed E-state index contributed by atoms with van der Waals surface area (Å²) in [5, 5.41) is 3.00. The summed E-state index contributed by atoms with van der Waals surface area (Å²) in [5.41, 5.74) is 0.603. The molecule has 5 nitrogen and oxygen atoms in total. The average molecular weight is 303 g/mol. The molecule has 1 amide bonds. The number of ketones is 1. The standard InChI is InChI=1S/C17H21NO4/c1-10(19)9-12-13(15-14(12)21-17(2,3)22-15)18-16(20)11-7-5-4-6-8-11/h4-8,12-15H,9H2,1-3H3,(H,18,20)/t12-,13+,14+,15-/m1/s1. The number of benzene rings is 1. The van der Waals surface area contributed by atoms with Gasteiger partial charge >= 0.3 is 0 Å². The highest BCUT2D eigenvalue weighted by atomic mass is 16.8. The first-order chi connectivity index (χ1) is 10.4. The van der Waals surface area contributed by atoms with E-state index in [4.69, 9.17) is 9.47 Å². The molecular formula is C17H21NO4. The van der Waals surface area contributed by atoms with Crippen LogP contribution in [0, 0.1) is 5.92 Å². The van der Waals surface area contributed by atoms with Gasteiger partial charge in [0.1, 0.15) is 11.9 Å². The van der Waals surface area contributed by atoms with Crippen molar-refractivity contribution in [3.8, 4) is 0 Å². The van der Waals surface area contributed by atoms with Gasteiger partial charge in [0.2, 0.25) is 0 Å². The van der Waals surface area contributed by atoms with Crippen molar-refractivity contribution in [3.63, 3.8) is 0 Å². The van der Waals surface area contributed by atoms with Crippen LogP contribution in [0.15, 0.2) is 30.3 Å². The van der Waals surface area contributed by atoms with E-state index in [0.29, 0.717) is 12.0 Å². The Hall–Kier alpha value is -1.72. The molecule has 1 aliphatic heterocycles. The normalized spacial score (nSPS) is 32.0. The molecule has 1 heterocycles. The topological polar surface area (TPSA) is 64.6 Å². The third kappa shape index (κ3) is 2.78. The Morgan fingerprint density at radius 1 is 1.14 bits per heavy atom. The molecule has 1 aromatic rings. The highest BCUT2D eigenvalue weighted by molar-refractivity contribution is 5.94. The van der Waals surface area contributed by atoms with Gasteiger partial charge in [-0.25, -0.2) is 0 Å². The minimum Gasteiger partial charge on any atom is -0.346 e. The van der Waals surface area contributed by atoms with Gasteiger partial charge in [-0.3, -0.25) is 4.79 Å². The third-order valence-electron chi connectivity index (χ3n) is 4.26. The van der Waals surface area contributed by atoms with Crippen molar-refractivity contribution >= 4 is 11.7 Å². The summed E-state index contributed by atoms with van der Waals surface area (Å²) in [7, 11) is 0. The third-order valence-corrected chi connectivity index (χ3v) is 4.26. The first-order valence-electron chi connectivity index (χ1n) is 7.58. The lowest BCUT2D eigenvalue weighted by atomic mass is 9.71. The summed E-state index contributed by atoms with van der Waals surface area (Å²) in [6.07, 6.45) is 0.0763. The van der Waals surface area contributed by atoms with E-state index < -0.39 is 5.79 Å². The lowest BCUT2D eigenvalue weighted by molar-refractivity contribution is -0.141. The van der Waals surface area contributed by atoms with E-state index in [0.717, 1.165) is 0 Å². The van der Waals surface area contributed by atoms with Gasteiger partial charge < -0.3 is 19.6 Å². The van der Waals surface area contributed by atoms with Gasteiger partial charge in [-0.2, -0.15) is 0 Å². The fraction of sp³-hybridized carbons (Fsp3) is 0.529. The van der Waals surface area contributed by atoms with E-state index in [-0.39, 0.29) is 35.9 Å². The van der Waals surface area contributed by atoms with E-state index in [9.17, 15) is 9.59 Å². The number of carbonyl (C=O) groups is 2. The zero-order chi connectivity index (χ0) is 15.9. The first kappa shape index (κ1) is 15.2. The molecule has 1 N–H and O–H groups in total. The van der Waals surface area contributed by atoms with E-state index in [1.807, 2.05) is 32.0 Å². The molecule has 1 aromatic carbocycles. The lowest BCUT2D eigenvalue weighted by Crippen LogP contribution is -2.65. The summed E-state index contributed by atoms with van der Waals surface area (Å²) >= 11 is 0. The molecule has 5 heteroatoms. The highest BCUT2D eigenvalue weighted by Crippen LogP contribution is 2.45. The molecule has 2 fully saturated rings. The minimum atomic E-state index is -0.670. The Labute approximate surface area is 130 Å². The predicted molar refractivity (Wildman–Crippen MR) is 80.3 cm³/mol. The van der Waals surface area contributed by atoms with Crippen LogP contribution < -0.4 is 5.32 Å². The molecule has 0 bridgehead atoms. The maximum Gasteiger partial charge on any atom is 0.251 e. The van der Waals surface area contributed by atoms with Crippen LogP contribution >= 0.6 is 0 Å². The van der Waals surface area contributed by atoms with Crippen LogP contribution in [0.5, 0.6) is 0 Å². The van der Waals surface area contributed by atoms with E-state index >= 15 is 0 Å². The molecule has 0 unspecified atom stereocenters. The van der Waals surface area contributed by atoms with E-state index in [1.54, 1.807) is 19.1 Å². The summed E-state index contributed by atoms with van der Waals surface area (Å²) in [4.78, 5) is 23.8. The SMILES string of the molecule is CC(=O)C[C@@H]1[C@H](NC(=O)c2ccccc2)[C@H]2OC(C)(C)O[C@@H]12. The van der Waals surface area contributed by atoms with Crippen LogP contribution in [0.4, 0.5) is 0 Å². The predicted octanol–water partition coefficient (Wildman–Crippen LogP) is 1.91. The Balaban J connectivity index is 1.73. The Bertz CT molecular complexity index is 584. The summed E-state index contributed by atoms with van der Waals surface area (Å²) < 4.78 is 11.7. The Morgan fingerprint density at radius 3 is 2.41 bits per heavy atom. The number of Topliss-reactive ketones (excluding diaryl/α,β-unsaturated/α-hetero) is 1. The monoisotopic (exact) mass is 303 g/mol. The quantitative estimate of drug-likeness (QED) is 0.923. The molecule has 3 rings (SSSR count). The van der Waals surface area contributed by atoms with Gasteiger partial charge in [-0.15, -0.1) is 0 Å². The Morgan fingerprint density at radius 2 is 1.77 bits per heavy atom. The van der Waals surface area contributed by atoms with Gasteiger partial charge in [0.15, 0.2) is 5.79 Å². The number of rotatable bonds is 4. The molecule has 0 radical (unpaired) electrons. The van der Waals surface area contributed by atoms with Crippen molar-refractivity contribution in [1.29, 1.82) is 0 Å². The molecule has 0 aromatic heterocycles. The molecule has 22 heavy (non-hydrogen) atoms. The van der Waals surface area contributed by atoms with Crippen LogP contribution in [0.25, 0.3) is 0 Å². The largest absolute Gasteiger partial charge is 0.346 e. The number of fused-ring (bicyclic) bond motifs is 1. The van der Waals surface area contributed by atoms with Gasteiger partial charge in [-0.05, 0) is 32.9 Å². The fourth-order valence-electron chi connectivity index (χ4n) is 3.32. The first-order valence-corrected chi connectivity index (χ1v) is 7.58. The van der Waals surface area contributed by atoms with E-state index in [1.165, 1.54) is 0 Å². The smallest absolute Gasteiger partial charge is 0.251 e. The maximum absolute atomic E-state index is 12.3. The summed E-state index contributed by atoms with van der Waals surface area (Å²) in [6, 6.07) is 8.85.